The highest BCUT2D eigenvalue weighted by atomic mass is 79.9. The van der Waals surface area contributed by atoms with Crippen LogP contribution in [0.1, 0.15) is 31.2 Å². The van der Waals surface area contributed by atoms with E-state index in [1.54, 1.807) is 12.5 Å². The number of rotatable bonds is 3. The Kier molecular flexibility index (Phi) is 3.38. The van der Waals surface area contributed by atoms with Crippen LogP contribution in [-0.4, -0.2) is 20.6 Å². The molecule has 0 amide bonds. The van der Waals surface area contributed by atoms with E-state index in [0.29, 0.717) is 0 Å². The molecule has 5 heteroatoms. The third-order valence-electron chi connectivity index (χ3n) is 4.15. The Morgan fingerprint density at radius 3 is 2.65 bits per heavy atom. The van der Waals surface area contributed by atoms with Crippen LogP contribution in [0.4, 0.5) is 0 Å². The predicted molar refractivity (Wildman–Crippen MR) is 79.0 cm³/mol. The van der Waals surface area contributed by atoms with Gasteiger partial charge in [0.1, 0.15) is 0 Å². The summed E-state index contributed by atoms with van der Waals surface area (Å²) in [7, 11) is 0. The van der Waals surface area contributed by atoms with Gasteiger partial charge in [0.25, 0.3) is 0 Å². The number of hydrogen-bond donors (Lipinski definition) is 1. The first-order valence-corrected chi connectivity index (χ1v) is 7.44. The van der Waals surface area contributed by atoms with Gasteiger partial charge in [-0.2, -0.15) is 0 Å². The molecule has 1 saturated carbocycles. The molecule has 104 valence electrons. The Labute approximate surface area is 125 Å². The number of imidazole rings is 1. The normalized spacial score (nSPS) is 17.2. The Hall–Kier alpha value is -1.62. The van der Waals surface area contributed by atoms with Gasteiger partial charge in [-0.05, 0) is 46.5 Å². The van der Waals surface area contributed by atoms with Crippen molar-refractivity contribution in [2.75, 3.05) is 0 Å². The van der Waals surface area contributed by atoms with Gasteiger partial charge in [-0.25, -0.2) is 4.98 Å². The van der Waals surface area contributed by atoms with E-state index >= 15 is 0 Å². The van der Waals surface area contributed by atoms with Gasteiger partial charge in [0, 0.05) is 16.9 Å². The van der Waals surface area contributed by atoms with Crippen molar-refractivity contribution in [3.05, 3.63) is 47.0 Å². The van der Waals surface area contributed by atoms with Crippen LogP contribution in [0.15, 0.2) is 41.4 Å². The van der Waals surface area contributed by atoms with Crippen LogP contribution in [0.5, 0.6) is 0 Å². The second kappa shape index (κ2) is 5.05. The lowest BCUT2D eigenvalue weighted by atomic mass is 9.79. The molecule has 1 fully saturated rings. The maximum absolute atomic E-state index is 11.7. The number of hydrogen-bond acceptors (Lipinski definition) is 2. The summed E-state index contributed by atoms with van der Waals surface area (Å²) in [5, 5.41) is 9.63. The van der Waals surface area contributed by atoms with Gasteiger partial charge < -0.3 is 9.67 Å². The van der Waals surface area contributed by atoms with E-state index in [-0.39, 0.29) is 0 Å². The molecule has 2 aromatic rings. The number of nitrogens with zero attached hydrogens (tertiary/aromatic N) is 2. The zero-order chi connectivity index (χ0) is 14.2. The molecule has 1 aromatic heterocycles. The molecule has 0 aliphatic heterocycles. The number of aromatic nitrogens is 2. The molecule has 0 bridgehead atoms. The van der Waals surface area contributed by atoms with Crippen LogP contribution in [0.3, 0.4) is 0 Å². The minimum atomic E-state index is -0.712. The predicted octanol–water partition coefficient (Wildman–Crippen LogP) is 3.53. The lowest BCUT2D eigenvalue weighted by Crippen LogP contribution is -2.32. The second-order valence-corrected chi connectivity index (χ2v) is 6.08. The summed E-state index contributed by atoms with van der Waals surface area (Å²) in [6, 6.07) is 5.82. The number of halogens is 1. The zero-order valence-corrected chi connectivity index (χ0v) is 12.5. The van der Waals surface area contributed by atoms with Gasteiger partial charge in [0.05, 0.1) is 17.4 Å². The largest absolute Gasteiger partial charge is 0.481 e. The summed E-state index contributed by atoms with van der Waals surface area (Å²) in [5.74, 6) is -0.711. The average Bonchev–Trinajstić information content (AvgIpc) is 3.11. The molecule has 4 nitrogen and oxygen atoms in total. The molecule has 0 saturated heterocycles. The van der Waals surface area contributed by atoms with E-state index in [2.05, 4.69) is 20.9 Å². The van der Waals surface area contributed by atoms with Gasteiger partial charge >= 0.3 is 5.97 Å². The minimum absolute atomic E-state index is 0.711. The van der Waals surface area contributed by atoms with E-state index in [4.69, 9.17) is 0 Å². The third-order valence-corrected chi connectivity index (χ3v) is 4.78. The molecule has 1 aliphatic rings. The first kappa shape index (κ1) is 13.4. The summed E-state index contributed by atoms with van der Waals surface area (Å²) in [6.07, 6.45) is 8.71. The smallest absolute Gasteiger partial charge is 0.314 e. The summed E-state index contributed by atoms with van der Waals surface area (Å²) in [4.78, 5) is 15.7. The van der Waals surface area contributed by atoms with Gasteiger partial charge in [-0.1, -0.05) is 18.9 Å². The molecule has 0 unspecified atom stereocenters. The average molecular weight is 335 g/mol. The quantitative estimate of drug-likeness (QED) is 0.934. The third kappa shape index (κ3) is 2.06. The fourth-order valence-electron chi connectivity index (χ4n) is 3.02. The van der Waals surface area contributed by atoms with Crippen molar-refractivity contribution in [2.24, 2.45) is 0 Å². The van der Waals surface area contributed by atoms with Crippen LogP contribution in [0.2, 0.25) is 0 Å². The molecular formula is C15H15BrN2O2. The SMILES string of the molecule is O=C(O)C1(c2ccc(-n3ccnc3)c(Br)c2)CCCC1. The molecule has 0 atom stereocenters. The maximum atomic E-state index is 11.7. The zero-order valence-electron chi connectivity index (χ0n) is 10.9. The van der Waals surface area contributed by atoms with Crippen molar-refractivity contribution in [1.82, 2.24) is 9.55 Å². The summed E-state index contributed by atoms with van der Waals surface area (Å²) >= 11 is 3.55. The molecule has 3 rings (SSSR count). The summed E-state index contributed by atoms with van der Waals surface area (Å²) in [5.41, 5.74) is 1.14. The molecule has 1 aromatic carbocycles. The molecule has 0 radical (unpaired) electrons. The van der Waals surface area contributed by atoms with Crippen molar-refractivity contribution in [3.8, 4) is 5.69 Å². The number of aliphatic carboxylic acids is 1. The topological polar surface area (TPSA) is 55.1 Å². The van der Waals surface area contributed by atoms with E-state index in [9.17, 15) is 9.90 Å². The number of carboxylic acid groups (broad SMARTS) is 1. The number of carbonyl (C=O) groups is 1. The standard InChI is InChI=1S/C15H15BrN2O2/c16-12-9-11(15(14(19)20)5-1-2-6-15)3-4-13(12)18-8-7-17-10-18/h3-4,7-10H,1-2,5-6H2,(H,19,20). The van der Waals surface area contributed by atoms with Crippen molar-refractivity contribution >= 4 is 21.9 Å². The van der Waals surface area contributed by atoms with Crippen LogP contribution < -0.4 is 0 Å². The monoisotopic (exact) mass is 334 g/mol. The molecule has 1 aliphatic carbocycles. The Balaban J connectivity index is 2.04. The van der Waals surface area contributed by atoms with Crippen LogP contribution >= 0.6 is 15.9 Å². The van der Waals surface area contributed by atoms with Crippen molar-refractivity contribution < 1.29 is 9.90 Å². The maximum Gasteiger partial charge on any atom is 0.314 e. The fourth-order valence-corrected chi connectivity index (χ4v) is 3.60. The lowest BCUT2D eigenvalue weighted by Gasteiger charge is -2.25. The van der Waals surface area contributed by atoms with E-state index in [1.807, 2.05) is 29.0 Å². The van der Waals surface area contributed by atoms with Crippen molar-refractivity contribution in [2.45, 2.75) is 31.1 Å². The Morgan fingerprint density at radius 1 is 1.35 bits per heavy atom. The minimum Gasteiger partial charge on any atom is -0.481 e. The summed E-state index contributed by atoms with van der Waals surface area (Å²) in [6.45, 7) is 0. The van der Waals surface area contributed by atoms with Gasteiger partial charge in [-0.3, -0.25) is 4.79 Å². The van der Waals surface area contributed by atoms with Crippen LogP contribution in [0.25, 0.3) is 5.69 Å². The Bertz CT molecular complexity index is 631. The van der Waals surface area contributed by atoms with Crippen LogP contribution in [0, 0.1) is 0 Å². The lowest BCUT2D eigenvalue weighted by molar-refractivity contribution is -0.143. The second-order valence-electron chi connectivity index (χ2n) is 5.23. The number of benzene rings is 1. The van der Waals surface area contributed by atoms with E-state index in [1.165, 1.54) is 0 Å². The van der Waals surface area contributed by atoms with Crippen molar-refractivity contribution in [3.63, 3.8) is 0 Å². The van der Waals surface area contributed by atoms with Gasteiger partial charge in [0.2, 0.25) is 0 Å². The summed E-state index contributed by atoms with van der Waals surface area (Å²) < 4.78 is 2.79. The Morgan fingerprint density at radius 2 is 2.10 bits per heavy atom. The highest BCUT2D eigenvalue weighted by molar-refractivity contribution is 9.10. The first-order valence-electron chi connectivity index (χ1n) is 6.65. The van der Waals surface area contributed by atoms with E-state index in [0.717, 1.165) is 41.4 Å². The molecule has 0 spiro atoms. The molecule has 1 heterocycles. The highest BCUT2D eigenvalue weighted by Crippen LogP contribution is 2.42. The molecular weight excluding hydrogens is 320 g/mol. The first-order chi connectivity index (χ1) is 9.63. The van der Waals surface area contributed by atoms with E-state index < -0.39 is 11.4 Å². The van der Waals surface area contributed by atoms with Crippen molar-refractivity contribution in [1.29, 1.82) is 0 Å². The molecule has 1 N–H and O–H groups in total. The molecule has 20 heavy (non-hydrogen) atoms. The van der Waals surface area contributed by atoms with Gasteiger partial charge in [0.15, 0.2) is 0 Å². The number of carboxylic acids is 1. The van der Waals surface area contributed by atoms with Crippen LogP contribution in [-0.2, 0) is 10.2 Å². The fraction of sp³-hybridized carbons (Fsp3) is 0.333. The highest BCUT2D eigenvalue weighted by Gasteiger charge is 2.43. The van der Waals surface area contributed by atoms with Gasteiger partial charge in [-0.15, -0.1) is 0 Å².